The van der Waals surface area contributed by atoms with Crippen LogP contribution in [-0.4, -0.2) is 55.0 Å². The summed E-state index contributed by atoms with van der Waals surface area (Å²) in [5.74, 6) is -0.115. The second kappa shape index (κ2) is 12.4. The molecule has 1 aromatic heterocycles. The first-order valence-electron chi connectivity index (χ1n) is 13.0. The van der Waals surface area contributed by atoms with Gasteiger partial charge >= 0.3 is 0 Å². The number of ether oxygens (including phenoxy) is 1. The zero-order valence-corrected chi connectivity index (χ0v) is 22.7. The highest BCUT2D eigenvalue weighted by atomic mass is 19.1. The standard InChI is InChI=1S/C30H33FN4O4/c1-5-34(29(37)24-9-7-10-25(31)20(24)3)17-8-18-35(6-2)30-33-26-19-22(13-16-27(26)39-30)32-28(36)21-11-14-23(38-4)15-12-21/h7,9-16,19H,5-6,8,17-18H2,1-4H3,(H,32,36). The number of methoxy groups -OCH3 is 1. The highest BCUT2D eigenvalue weighted by molar-refractivity contribution is 6.05. The second-order valence-corrected chi connectivity index (χ2v) is 9.09. The highest BCUT2D eigenvalue weighted by Crippen LogP contribution is 2.25. The van der Waals surface area contributed by atoms with Gasteiger partial charge in [-0.15, -0.1) is 0 Å². The van der Waals surface area contributed by atoms with Crippen LogP contribution in [0.4, 0.5) is 16.1 Å². The topological polar surface area (TPSA) is 87.9 Å². The van der Waals surface area contributed by atoms with Crippen molar-refractivity contribution in [2.75, 3.05) is 43.5 Å². The number of fused-ring (bicyclic) bond motifs is 1. The lowest BCUT2D eigenvalue weighted by Gasteiger charge is -2.24. The molecule has 8 nitrogen and oxygen atoms in total. The van der Waals surface area contributed by atoms with E-state index in [0.717, 1.165) is 0 Å². The van der Waals surface area contributed by atoms with Crippen LogP contribution in [0.2, 0.25) is 0 Å². The SMILES string of the molecule is CCN(CCCN(CC)c1nc2cc(NC(=O)c3ccc(OC)cc3)ccc2o1)C(=O)c1cccc(F)c1C. The van der Waals surface area contributed by atoms with Gasteiger partial charge in [-0.25, -0.2) is 4.39 Å². The molecule has 0 aliphatic heterocycles. The first-order chi connectivity index (χ1) is 18.8. The van der Waals surface area contributed by atoms with Gasteiger partial charge in [0, 0.05) is 43.0 Å². The molecule has 204 valence electrons. The Morgan fingerprint density at radius 2 is 1.79 bits per heavy atom. The highest BCUT2D eigenvalue weighted by Gasteiger charge is 2.19. The zero-order valence-electron chi connectivity index (χ0n) is 22.7. The van der Waals surface area contributed by atoms with E-state index in [4.69, 9.17) is 9.15 Å². The summed E-state index contributed by atoms with van der Waals surface area (Å²) in [6.07, 6.45) is 0.684. The van der Waals surface area contributed by atoms with Crippen LogP contribution in [-0.2, 0) is 0 Å². The van der Waals surface area contributed by atoms with Gasteiger partial charge in [0.15, 0.2) is 5.58 Å². The minimum atomic E-state index is -0.381. The van der Waals surface area contributed by atoms with Gasteiger partial charge in [0.1, 0.15) is 17.1 Å². The number of rotatable bonds is 11. The maximum absolute atomic E-state index is 14.0. The third-order valence-corrected chi connectivity index (χ3v) is 6.66. The van der Waals surface area contributed by atoms with Gasteiger partial charge in [0.25, 0.3) is 17.8 Å². The van der Waals surface area contributed by atoms with Crippen LogP contribution in [0.15, 0.2) is 65.1 Å². The molecule has 9 heteroatoms. The fourth-order valence-corrected chi connectivity index (χ4v) is 4.33. The largest absolute Gasteiger partial charge is 0.497 e. The average molecular weight is 533 g/mol. The molecule has 39 heavy (non-hydrogen) atoms. The van der Waals surface area contributed by atoms with Crippen molar-refractivity contribution < 1.29 is 23.1 Å². The number of hydrogen-bond donors (Lipinski definition) is 1. The number of anilines is 2. The van der Waals surface area contributed by atoms with Gasteiger partial charge < -0.3 is 24.3 Å². The van der Waals surface area contributed by atoms with Crippen LogP contribution in [0, 0.1) is 12.7 Å². The number of hydrogen-bond acceptors (Lipinski definition) is 6. The van der Waals surface area contributed by atoms with Gasteiger partial charge in [-0.3, -0.25) is 9.59 Å². The van der Waals surface area contributed by atoms with E-state index >= 15 is 0 Å². The van der Waals surface area contributed by atoms with E-state index < -0.39 is 0 Å². The van der Waals surface area contributed by atoms with Crippen LogP contribution in [0.3, 0.4) is 0 Å². The fraction of sp³-hybridized carbons (Fsp3) is 0.300. The summed E-state index contributed by atoms with van der Waals surface area (Å²) in [6, 6.07) is 17.3. The van der Waals surface area contributed by atoms with Gasteiger partial charge in [0.05, 0.1) is 7.11 Å². The minimum absolute atomic E-state index is 0.177. The summed E-state index contributed by atoms with van der Waals surface area (Å²) in [7, 11) is 1.58. The van der Waals surface area contributed by atoms with Crippen molar-refractivity contribution in [1.29, 1.82) is 0 Å². The third-order valence-electron chi connectivity index (χ3n) is 6.66. The second-order valence-electron chi connectivity index (χ2n) is 9.09. The molecule has 0 aliphatic rings. The van der Waals surface area contributed by atoms with Crippen molar-refractivity contribution in [3.05, 3.63) is 83.2 Å². The van der Waals surface area contributed by atoms with Crippen LogP contribution in [0.1, 0.15) is 46.5 Å². The number of aromatic nitrogens is 1. The number of amides is 2. The van der Waals surface area contributed by atoms with E-state index in [1.165, 1.54) is 6.07 Å². The molecule has 1 N–H and O–H groups in total. The average Bonchev–Trinajstić information content (AvgIpc) is 3.37. The molecule has 0 atom stereocenters. The number of halogens is 1. The lowest BCUT2D eigenvalue weighted by atomic mass is 10.1. The normalized spacial score (nSPS) is 10.9. The summed E-state index contributed by atoms with van der Waals surface area (Å²) < 4.78 is 25.1. The maximum atomic E-state index is 14.0. The Labute approximate surface area is 227 Å². The molecule has 0 unspecified atom stereocenters. The molecule has 4 aromatic rings. The Morgan fingerprint density at radius 3 is 2.49 bits per heavy atom. The lowest BCUT2D eigenvalue weighted by Crippen LogP contribution is -2.35. The predicted molar refractivity (Wildman–Crippen MR) is 150 cm³/mol. The third kappa shape index (κ3) is 6.37. The van der Waals surface area contributed by atoms with Crippen molar-refractivity contribution in [3.63, 3.8) is 0 Å². The first kappa shape index (κ1) is 27.6. The van der Waals surface area contributed by atoms with E-state index in [0.29, 0.717) is 77.8 Å². The summed E-state index contributed by atoms with van der Waals surface area (Å²) in [5, 5.41) is 2.89. The van der Waals surface area contributed by atoms with Crippen LogP contribution < -0.4 is 15.0 Å². The quantitative estimate of drug-likeness (QED) is 0.258. The smallest absolute Gasteiger partial charge is 0.298 e. The summed E-state index contributed by atoms with van der Waals surface area (Å²) in [5.41, 5.74) is 3.11. The van der Waals surface area contributed by atoms with E-state index in [9.17, 15) is 14.0 Å². The van der Waals surface area contributed by atoms with Crippen molar-refractivity contribution in [2.45, 2.75) is 27.2 Å². The molecule has 0 saturated carbocycles. The van der Waals surface area contributed by atoms with Crippen LogP contribution in [0.5, 0.6) is 5.75 Å². The van der Waals surface area contributed by atoms with Crippen molar-refractivity contribution in [3.8, 4) is 5.75 Å². The molecular weight excluding hydrogens is 499 g/mol. The van der Waals surface area contributed by atoms with E-state index in [1.54, 1.807) is 73.5 Å². The number of nitrogens with one attached hydrogen (secondary N) is 1. The van der Waals surface area contributed by atoms with Gasteiger partial charge in [-0.2, -0.15) is 4.98 Å². The number of carbonyl (C=O) groups is 2. The summed E-state index contributed by atoms with van der Waals surface area (Å²) >= 11 is 0. The van der Waals surface area contributed by atoms with Gasteiger partial charge in [-0.1, -0.05) is 6.07 Å². The predicted octanol–water partition coefficient (Wildman–Crippen LogP) is 5.91. The minimum Gasteiger partial charge on any atom is -0.497 e. The summed E-state index contributed by atoms with van der Waals surface area (Å²) in [4.78, 5) is 34.0. The first-order valence-corrected chi connectivity index (χ1v) is 13.0. The number of oxazole rings is 1. The van der Waals surface area contributed by atoms with Crippen molar-refractivity contribution in [2.24, 2.45) is 0 Å². The monoisotopic (exact) mass is 532 g/mol. The lowest BCUT2D eigenvalue weighted by molar-refractivity contribution is 0.0761. The number of benzene rings is 3. The Hall–Kier alpha value is -4.40. The zero-order chi connectivity index (χ0) is 27.9. The van der Waals surface area contributed by atoms with Crippen molar-refractivity contribution in [1.82, 2.24) is 9.88 Å². The van der Waals surface area contributed by atoms with E-state index in [1.807, 2.05) is 18.7 Å². The Morgan fingerprint density at radius 1 is 1.03 bits per heavy atom. The fourth-order valence-electron chi connectivity index (χ4n) is 4.33. The van der Waals surface area contributed by atoms with Gasteiger partial charge in [0.2, 0.25) is 0 Å². The molecule has 0 radical (unpaired) electrons. The summed E-state index contributed by atoms with van der Waals surface area (Å²) in [6.45, 7) is 7.87. The molecule has 2 amide bonds. The Balaban J connectivity index is 1.39. The van der Waals surface area contributed by atoms with Gasteiger partial charge in [-0.05, 0) is 87.4 Å². The maximum Gasteiger partial charge on any atom is 0.298 e. The molecule has 4 rings (SSSR count). The molecule has 1 heterocycles. The molecule has 0 fully saturated rings. The van der Waals surface area contributed by atoms with E-state index in [2.05, 4.69) is 10.3 Å². The molecule has 0 saturated heterocycles. The Kier molecular flexibility index (Phi) is 8.81. The molecule has 0 aliphatic carbocycles. The molecule has 3 aromatic carbocycles. The van der Waals surface area contributed by atoms with E-state index in [-0.39, 0.29) is 17.6 Å². The van der Waals surface area contributed by atoms with Crippen molar-refractivity contribution >= 4 is 34.6 Å². The Bertz CT molecular complexity index is 1450. The van der Waals surface area contributed by atoms with Crippen LogP contribution in [0.25, 0.3) is 11.1 Å². The number of carbonyl (C=O) groups excluding carboxylic acids is 2. The van der Waals surface area contributed by atoms with Crippen LogP contribution >= 0.6 is 0 Å². The number of nitrogens with zero attached hydrogens (tertiary/aromatic N) is 3. The molecular formula is C30H33FN4O4. The molecule has 0 spiro atoms. The molecule has 0 bridgehead atoms.